The molecular formula is C18H29NO. The fourth-order valence-corrected chi connectivity index (χ4v) is 2.71. The summed E-state index contributed by atoms with van der Waals surface area (Å²) in [5.74, 6) is 0. The first-order valence-electron chi connectivity index (χ1n) is 7.97. The van der Waals surface area contributed by atoms with Crippen LogP contribution >= 0.6 is 0 Å². The molecule has 1 N–H and O–H groups in total. The van der Waals surface area contributed by atoms with Crippen LogP contribution < -0.4 is 5.32 Å². The Morgan fingerprint density at radius 2 is 1.75 bits per heavy atom. The van der Waals surface area contributed by atoms with E-state index in [1.165, 1.54) is 36.8 Å². The minimum Gasteiger partial charge on any atom is -0.377 e. The summed E-state index contributed by atoms with van der Waals surface area (Å²) in [5.41, 5.74) is 2.98. The van der Waals surface area contributed by atoms with Crippen LogP contribution in [0.1, 0.15) is 57.6 Å². The number of nitrogens with one attached hydrogen (secondary N) is 1. The molecule has 2 heteroatoms. The minimum atomic E-state index is 0.237. The van der Waals surface area contributed by atoms with Crippen molar-refractivity contribution in [2.75, 3.05) is 13.2 Å². The highest BCUT2D eigenvalue weighted by atomic mass is 16.5. The van der Waals surface area contributed by atoms with Crippen molar-refractivity contribution in [1.29, 1.82) is 0 Å². The molecule has 0 bridgehead atoms. The Bertz CT molecular complexity index is 385. The summed E-state index contributed by atoms with van der Waals surface area (Å²) in [6.07, 6.45) is 5.74. The van der Waals surface area contributed by atoms with Crippen LogP contribution in [0.4, 0.5) is 0 Å². The number of benzene rings is 1. The third-order valence-electron chi connectivity index (χ3n) is 4.08. The first-order chi connectivity index (χ1) is 9.55. The van der Waals surface area contributed by atoms with Crippen molar-refractivity contribution < 1.29 is 4.74 Å². The van der Waals surface area contributed by atoms with E-state index in [1.807, 2.05) is 0 Å². The molecule has 0 atom stereocenters. The molecule has 0 radical (unpaired) electrons. The molecule has 1 fully saturated rings. The van der Waals surface area contributed by atoms with E-state index in [9.17, 15) is 0 Å². The molecule has 1 saturated carbocycles. The zero-order valence-corrected chi connectivity index (χ0v) is 13.2. The second kappa shape index (κ2) is 7.24. The van der Waals surface area contributed by atoms with Gasteiger partial charge in [-0.2, -0.15) is 0 Å². The van der Waals surface area contributed by atoms with Gasteiger partial charge in [0.15, 0.2) is 0 Å². The summed E-state index contributed by atoms with van der Waals surface area (Å²) in [7, 11) is 0. The first-order valence-corrected chi connectivity index (χ1v) is 7.97. The van der Waals surface area contributed by atoms with Crippen LogP contribution in [-0.4, -0.2) is 19.3 Å². The van der Waals surface area contributed by atoms with Gasteiger partial charge < -0.3 is 10.1 Å². The van der Waals surface area contributed by atoms with Crippen molar-refractivity contribution in [2.45, 2.75) is 64.5 Å². The van der Waals surface area contributed by atoms with E-state index >= 15 is 0 Å². The fourth-order valence-electron chi connectivity index (χ4n) is 2.71. The Balaban J connectivity index is 1.64. The molecule has 0 spiro atoms. The second-order valence-corrected chi connectivity index (χ2v) is 6.90. The molecule has 0 aliphatic heterocycles. The van der Waals surface area contributed by atoms with Crippen molar-refractivity contribution in [3.63, 3.8) is 0 Å². The average Bonchev–Trinajstić information content (AvgIpc) is 2.91. The zero-order valence-electron chi connectivity index (χ0n) is 13.2. The highest BCUT2D eigenvalue weighted by molar-refractivity contribution is 5.27. The van der Waals surface area contributed by atoms with Gasteiger partial charge in [-0.1, -0.05) is 57.9 Å². The molecule has 0 aromatic heterocycles. The molecule has 0 saturated heterocycles. The summed E-state index contributed by atoms with van der Waals surface area (Å²) in [6.45, 7) is 9.46. The maximum atomic E-state index is 5.84. The Kier molecular flexibility index (Phi) is 5.62. The van der Waals surface area contributed by atoms with Crippen molar-refractivity contribution in [1.82, 2.24) is 5.32 Å². The van der Waals surface area contributed by atoms with E-state index in [1.54, 1.807) is 0 Å². The number of hydrogen-bond donors (Lipinski definition) is 1. The number of ether oxygens (including phenoxy) is 1. The predicted octanol–water partition coefficient (Wildman–Crippen LogP) is 4.03. The van der Waals surface area contributed by atoms with Crippen LogP contribution in [0.5, 0.6) is 0 Å². The monoisotopic (exact) mass is 275 g/mol. The summed E-state index contributed by atoms with van der Waals surface area (Å²) >= 11 is 0. The normalized spacial score (nSPS) is 16.8. The van der Waals surface area contributed by atoms with Crippen LogP contribution in [-0.2, 0) is 16.7 Å². The molecule has 0 amide bonds. The van der Waals surface area contributed by atoms with E-state index in [-0.39, 0.29) is 5.41 Å². The van der Waals surface area contributed by atoms with Gasteiger partial charge in [0.1, 0.15) is 0 Å². The molecule has 2 rings (SSSR count). The minimum absolute atomic E-state index is 0.237. The van der Waals surface area contributed by atoms with Gasteiger partial charge >= 0.3 is 0 Å². The molecule has 112 valence electrons. The number of hydrogen-bond acceptors (Lipinski definition) is 2. The summed E-state index contributed by atoms with van der Waals surface area (Å²) in [6, 6.07) is 8.94. The molecule has 1 aliphatic carbocycles. The summed E-state index contributed by atoms with van der Waals surface area (Å²) in [4.78, 5) is 0. The van der Waals surface area contributed by atoms with Crippen LogP contribution in [0.2, 0.25) is 0 Å². The smallest absolute Gasteiger partial charge is 0.0594 e. The lowest BCUT2D eigenvalue weighted by Crippen LogP contribution is -2.22. The highest BCUT2D eigenvalue weighted by Gasteiger charge is 2.14. The van der Waals surface area contributed by atoms with Crippen molar-refractivity contribution >= 4 is 0 Å². The third kappa shape index (κ3) is 4.92. The van der Waals surface area contributed by atoms with Gasteiger partial charge in [0.25, 0.3) is 0 Å². The lowest BCUT2D eigenvalue weighted by atomic mass is 9.87. The first kappa shape index (κ1) is 15.5. The SMILES string of the molecule is CC(C)(C)c1ccc(CNCCOC2CCCC2)cc1. The van der Waals surface area contributed by atoms with E-state index in [2.05, 4.69) is 50.4 Å². The van der Waals surface area contributed by atoms with Gasteiger partial charge in [-0.3, -0.25) is 0 Å². The van der Waals surface area contributed by atoms with Crippen LogP contribution in [0.3, 0.4) is 0 Å². The Labute approximate surface area is 123 Å². The largest absolute Gasteiger partial charge is 0.377 e. The Hall–Kier alpha value is -0.860. The summed E-state index contributed by atoms with van der Waals surface area (Å²) < 4.78 is 5.84. The third-order valence-corrected chi connectivity index (χ3v) is 4.08. The van der Waals surface area contributed by atoms with Crippen molar-refractivity contribution in [3.05, 3.63) is 35.4 Å². The molecule has 1 aliphatic rings. The lowest BCUT2D eigenvalue weighted by molar-refractivity contribution is 0.0603. The van der Waals surface area contributed by atoms with Crippen LogP contribution in [0.15, 0.2) is 24.3 Å². The molecule has 1 aromatic carbocycles. The van der Waals surface area contributed by atoms with Gasteiger partial charge in [0, 0.05) is 13.1 Å². The fraction of sp³-hybridized carbons (Fsp3) is 0.667. The van der Waals surface area contributed by atoms with Crippen LogP contribution in [0.25, 0.3) is 0 Å². The van der Waals surface area contributed by atoms with Gasteiger partial charge in [-0.05, 0) is 29.4 Å². The highest BCUT2D eigenvalue weighted by Crippen LogP contribution is 2.22. The summed E-state index contributed by atoms with van der Waals surface area (Å²) in [5, 5.41) is 3.46. The zero-order chi connectivity index (χ0) is 14.4. The molecule has 20 heavy (non-hydrogen) atoms. The number of rotatable bonds is 6. The van der Waals surface area contributed by atoms with E-state index in [4.69, 9.17) is 4.74 Å². The van der Waals surface area contributed by atoms with E-state index in [0.29, 0.717) is 6.10 Å². The lowest BCUT2D eigenvalue weighted by Gasteiger charge is -2.19. The van der Waals surface area contributed by atoms with Crippen molar-refractivity contribution in [3.8, 4) is 0 Å². The van der Waals surface area contributed by atoms with Crippen molar-refractivity contribution in [2.24, 2.45) is 0 Å². The van der Waals surface area contributed by atoms with E-state index < -0.39 is 0 Å². The van der Waals surface area contributed by atoms with Crippen LogP contribution in [0, 0.1) is 0 Å². The van der Waals surface area contributed by atoms with Gasteiger partial charge in [0.2, 0.25) is 0 Å². The molecule has 0 heterocycles. The van der Waals surface area contributed by atoms with E-state index in [0.717, 1.165) is 19.7 Å². The quantitative estimate of drug-likeness (QED) is 0.791. The molecule has 2 nitrogen and oxygen atoms in total. The second-order valence-electron chi connectivity index (χ2n) is 6.90. The molecule has 0 unspecified atom stereocenters. The maximum Gasteiger partial charge on any atom is 0.0594 e. The van der Waals surface area contributed by atoms with Gasteiger partial charge in [0.05, 0.1) is 12.7 Å². The molecular weight excluding hydrogens is 246 g/mol. The standard InChI is InChI=1S/C18H29NO/c1-18(2,3)16-10-8-15(9-11-16)14-19-12-13-20-17-6-4-5-7-17/h8-11,17,19H,4-7,12-14H2,1-3H3. The van der Waals surface area contributed by atoms with Gasteiger partial charge in [-0.25, -0.2) is 0 Å². The predicted molar refractivity (Wildman–Crippen MR) is 85.1 cm³/mol. The topological polar surface area (TPSA) is 21.3 Å². The Morgan fingerprint density at radius 1 is 1.10 bits per heavy atom. The average molecular weight is 275 g/mol. The molecule has 1 aromatic rings. The Morgan fingerprint density at radius 3 is 2.35 bits per heavy atom. The maximum absolute atomic E-state index is 5.84. The van der Waals surface area contributed by atoms with Gasteiger partial charge in [-0.15, -0.1) is 0 Å².